The van der Waals surface area contributed by atoms with Crippen molar-refractivity contribution in [2.75, 3.05) is 0 Å². The van der Waals surface area contributed by atoms with Gasteiger partial charge in [0.1, 0.15) is 0 Å². The van der Waals surface area contributed by atoms with Crippen molar-refractivity contribution in [3.8, 4) is 0 Å². The van der Waals surface area contributed by atoms with Crippen molar-refractivity contribution in [1.82, 2.24) is 5.32 Å². The number of halogens is 5. The van der Waals surface area contributed by atoms with Crippen LogP contribution in [-0.4, -0.2) is 23.5 Å². The molecule has 2 aromatic rings. The lowest BCUT2D eigenvalue weighted by Gasteiger charge is -2.25. The second-order valence-electron chi connectivity index (χ2n) is 4.90. The highest BCUT2D eigenvalue weighted by atomic mass is 35.6. The number of sulfone groups is 1. The number of amides is 1. The van der Waals surface area contributed by atoms with E-state index in [1.807, 2.05) is 0 Å². The zero-order chi connectivity index (χ0) is 18.8. The molecule has 0 radical (unpaired) electrons. The first-order chi connectivity index (χ1) is 11.5. The maximum atomic E-state index is 12.8. The summed E-state index contributed by atoms with van der Waals surface area (Å²) in [4.78, 5) is 12.2. The standard InChI is InChI=1S/C15H10Cl5NO3S/c16-10-3-1-9(2-4-10)13(22)21-14(15(18,19)20)25(23,24)12-7-5-11(17)6-8-12/h1-8,14H,(H,21,22)/t14-/m1/s1. The molecule has 0 aromatic heterocycles. The Hall–Kier alpha value is -0.690. The molecule has 0 spiro atoms. The van der Waals surface area contributed by atoms with Crippen LogP contribution in [-0.2, 0) is 9.84 Å². The van der Waals surface area contributed by atoms with E-state index in [1.54, 1.807) is 0 Å². The summed E-state index contributed by atoms with van der Waals surface area (Å²) in [6, 6.07) is 11.1. The third-order valence-corrected chi connectivity index (χ3v) is 6.69. The quantitative estimate of drug-likeness (QED) is 0.659. The molecule has 2 aromatic carbocycles. The highest BCUT2D eigenvalue weighted by molar-refractivity contribution is 7.92. The van der Waals surface area contributed by atoms with Crippen LogP contribution < -0.4 is 5.32 Å². The second-order valence-corrected chi connectivity index (χ2v) is 10.2. The molecule has 0 aliphatic heterocycles. The minimum atomic E-state index is -4.20. The molecule has 0 unspecified atom stereocenters. The van der Waals surface area contributed by atoms with Gasteiger partial charge in [-0.3, -0.25) is 4.79 Å². The maximum Gasteiger partial charge on any atom is 0.252 e. The van der Waals surface area contributed by atoms with E-state index in [1.165, 1.54) is 48.5 Å². The van der Waals surface area contributed by atoms with Crippen molar-refractivity contribution in [1.29, 1.82) is 0 Å². The van der Waals surface area contributed by atoms with Gasteiger partial charge in [0.25, 0.3) is 5.91 Å². The molecule has 1 amide bonds. The lowest BCUT2D eigenvalue weighted by atomic mass is 10.2. The van der Waals surface area contributed by atoms with E-state index in [4.69, 9.17) is 58.0 Å². The van der Waals surface area contributed by atoms with E-state index in [0.717, 1.165) is 0 Å². The summed E-state index contributed by atoms with van der Waals surface area (Å²) in [5.41, 5.74) is 0.162. The topological polar surface area (TPSA) is 63.2 Å². The smallest absolute Gasteiger partial charge is 0.252 e. The van der Waals surface area contributed by atoms with Crippen LogP contribution in [0.5, 0.6) is 0 Å². The second kappa shape index (κ2) is 7.91. The summed E-state index contributed by atoms with van der Waals surface area (Å²) in [7, 11) is -4.20. The first-order valence-electron chi connectivity index (χ1n) is 6.64. The van der Waals surface area contributed by atoms with Gasteiger partial charge in [-0.1, -0.05) is 58.0 Å². The predicted molar refractivity (Wildman–Crippen MR) is 102 cm³/mol. The number of alkyl halides is 3. The molecule has 10 heteroatoms. The number of hydrogen-bond donors (Lipinski definition) is 1. The lowest BCUT2D eigenvalue weighted by molar-refractivity contribution is 0.0948. The zero-order valence-corrected chi connectivity index (χ0v) is 16.8. The summed E-state index contributed by atoms with van der Waals surface area (Å²) in [6.45, 7) is 0. The molecular weight excluding hydrogens is 452 g/mol. The average Bonchev–Trinajstić information content (AvgIpc) is 2.52. The van der Waals surface area contributed by atoms with Gasteiger partial charge in [-0.15, -0.1) is 0 Å². The summed E-state index contributed by atoms with van der Waals surface area (Å²) in [5.74, 6) is -0.731. The highest BCUT2D eigenvalue weighted by Crippen LogP contribution is 2.36. The summed E-state index contributed by atoms with van der Waals surface area (Å²) in [6.07, 6.45) is 0. The first kappa shape index (κ1) is 20.6. The third-order valence-electron chi connectivity index (χ3n) is 3.12. The number of carbonyl (C=O) groups excluding carboxylic acids is 1. The fraction of sp³-hybridized carbons (Fsp3) is 0.133. The Morgan fingerprint density at radius 2 is 1.32 bits per heavy atom. The monoisotopic (exact) mass is 459 g/mol. The van der Waals surface area contributed by atoms with Crippen LogP contribution in [0.3, 0.4) is 0 Å². The molecule has 0 aliphatic rings. The molecule has 0 fully saturated rings. The number of benzene rings is 2. The molecule has 1 N–H and O–H groups in total. The normalized spacial score (nSPS) is 13.3. The minimum Gasteiger partial charge on any atom is -0.332 e. The van der Waals surface area contributed by atoms with Gasteiger partial charge >= 0.3 is 0 Å². The fourth-order valence-corrected chi connectivity index (χ4v) is 4.77. The van der Waals surface area contributed by atoms with Crippen molar-refractivity contribution in [3.05, 3.63) is 64.1 Å². The Morgan fingerprint density at radius 3 is 1.76 bits per heavy atom. The van der Waals surface area contributed by atoms with Crippen LogP contribution in [0.15, 0.2) is 53.4 Å². The third kappa shape index (κ3) is 5.16. The molecular formula is C15H10Cl5NO3S. The Labute approximate surface area is 169 Å². The Morgan fingerprint density at radius 1 is 0.880 bits per heavy atom. The molecule has 134 valence electrons. The summed E-state index contributed by atoms with van der Waals surface area (Å²) in [5, 5.41) is 1.20. The lowest BCUT2D eigenvalue weighted by Crippen LogP contribution is -2.49. The molecule has 0 saturated heterocycles. The number of rotatable bonds is 4. The van der Waals surface area contributed by atoms with Crippen LogP contribution in [0.4, 0.5) is 0 Å². The van der Waals surface area contributed by atoms with Crippen molar-refractivity contribution in [3.63, 3.8) is 0 Å². The van der Waals surface area contributed by atoms with Gasteiger partial charge in [0.05, 0.1) is 4.90 Å². The van der Waals surface area contributed by atoms with Crippen LogP contribution in [0.1, 0.15) is 10.4 Å². The Bertz CT molecular complexity index is 862. The van der Waals surface area contributed by atoms with Crippen molar-refractivity contribution in [2.45, 2.75) is 14.1 Å². The van der Waals surface area contributed by atoms with Crippen molar-refractivity contribution >= 4 is 73.7 Å². The fourth-order valence-electron chi connectivity index (χ4n) is 1.90. The Kier molecular flexibility index (Phi) is 6.52. The van der Waals surface area contributed by atoms with Gasteiger partial charge in [-0.05, 0) is 48.5 Å². The van der Waals surface area contributed by atoms with E-state index < -0.39 is 24.9 Å². The average molecular weight is 462 g/mol. The molecule has 2 rings (SSSR count). The van der Waals surface area contributed by atoms with E-state index in [-0.39, 0.29) is 10.5 Å². The van der Waals surface area contributed by atoms with Crippen LogP contribution >= 0.6 is 58.0 Å². The van der Waals surface area contributed by atoms with Crippen molar-refractivity contribution in [2.24, 2.45) is 0 Å². The molecule has 0 heterocycles. The van der Waals surface area contributed by atoms with E-state index in [2.05, 4.69) is 5.32 Å². The van der Waals surface area contributed by atoms with E-state index in [0.29, 0.717) is 10.0 Å². The van der Waals surface area contributed by atoms with Crippen LogP contribution in [0.2, 0.25) is 10.0 Å². The zero-order valence-electron chi connectivity index (χ0n) is 12.2. The van der Waals surface area contributed by atoms with Gasteiger partial charge in [-0.25, -0.2) is 8.42 Å². The first-order valence-corrected chi connectivity index (χ1v) is 10.1. The molecule has 1 atom stereocenters. The summed E-state index contributed by atoms with van der Waals surface area (Å²) < 4.78 is 23.3. The van der Waals surface area contributed by atoms with E-state index >= 15 is 0 Å². The number of hydrogen-bond acceptors (Lipinski definition) is 3. The van der Waals surface area contributed by atoms with Crippen molar-refractivity contribution < 1.29 is 13.2 Å². The van der Waals surface area contributed by atoms with E-state index in [9.17, 15) is 13.2 Å². The molecule has 0 bridgehead atoms. The van der Waals surface area contributed by atoms with Gasteiger partial charge in [0, 0.05) is 15.6 Å². The summed E-state index contributed by atoms with van der Waals surface area (Å²) >= 11 is 28.9. The van der Waals surface area contributed by atoms with Crippen LogP contribution in [0, 0.1) is 0 Å². The van der Waals surface area contributed by atoms with Gasteiger partial charge in [0.2, 0.25) is 13.6 Å². The SMILES string of the molecule is O=C(N[C@@H](C(Cl)(Cl)Cl)S(=O)(=O)c1ccc(Cl)cc1)c1ccc(Cl)cc1. The largest absolute Gasteiger partial charge is 0.332 e. The van der Waals surface area contributed by atoms with Gasteiger partial charge in [-0.2, -0.15) is 0 Å². The van der Waals surface area contributed by atoms with Gasteiger partial charge < -0.3 is 5.32 Å². The maximum absolute atomic E-state index is 12.8. The van der Waals surface area contributed by atoms with Gasteiger partial charge in [0.15, 0.2) is 5.37 Å². The molecule has 4 nitrogen and oxygen atoms in total. The Balaban J connectivity index is 2.38. The number of nitrogens with one attached hydrogen (secondary N) is 1. The van der Waals surface area contributed by atoms with Crippen LogP contribution in [0.25, 0.3) is 0 Å². The highest BCUT2D eigenvalue weighted by Gasteiger charge is 2.44. The minimum absolute atomic E-state index is 0.148. The number of carbonyl (C=O) groups is 1. The molecule has 25 heavy (non-hydrogen) atoms. The molecule has 0 saturated carbocycles. The predicted octanol–water partition coefficient (Wildman–Crippen LogP) is 4.89. The molecule has 0 aliphatic carbocycles.